The number of amides is 1. The van der Waals surface area contributed by atoms with Crippen LogP contribution in [0.1, 0.15) is 41.7 Å². The van der Waals surface area contributed by atoms with Gasteiger partial charge in [0, 0.05) is 25.5 Å². The maximum Gasteiger partial charge on any atom is 0.288 e. The summed E-state index contributed by atoms with van der Waals surface area (Å²) in [5, 5.41) is 4.19. The molecule has 8 heteroatoms. The summed E-state index contributed by atoms with van der Waals surface area (Å²) in [7, 11) is 0. The number of likely N-dealkylation sites (tertiary alicyclic amines) is 1. The van der Waals surface area contributed by atoms with Gasteiger partial charge in [0.25, 0.3) is 5.91 Å². The standard InChI is InChI=1S/C15H23N7O/c1-12-17-5-9-21(12)8-3-7-20-6-2-4-13(10-20)22-11-18-15(19-22)14(16)23/h5,9,11,13H,2-4,6-8,10H2,1H3,(H2,16,23). The van der Waals surface area contributed by atoms with E-state index in [1.165, 1.54) is 0 Å². The van der Waals surface area contributed by atoms with Crippen LogP contribution in [-0.2, 0) is 6.54 Å². The van der Waals surface area contributed by atoms with Crippen molar-refractivity contribution in [1.29, 1.82) is 0 Å². The smallest absolute Gasteiger partial charge is 0.288 e. The van der Waals surface area contributed by atoms with E-state index >= 15 is 0 Å². The molecular weight excluding hydrogens is 294 g/mol. The van der Waals surface area contributed by atoms with Crippen LogP contribution >= 0.6 is 0 Å². The number of carbonyl (C=O) groups is 1. The molecule has 3 rings (SSSR count). The van der Waals surface area contributed by atoms with Crippen molar-refractivity contribution in [2.24, 2.45) is 5.73 Å². The highest BCUT2D eigenvalue weighted by Crippen LogP contribution is 2.20. The molecule has 124 valence electrons. The second kappa shape index (κ2) is 6.91. The second-order valence-corrected chi connectivity index (χ2v) is 6.03. The Hall–Kier alpha value is -2.22. The average Bonchev–Trinajstić information content (AvgIpc) is 3.17. The zero-order chi connectivity index (χ0) is 16.2. The van der Waals surface area contributed by atoms with E-state index in [1.807, 2.05) is 19.3 Å². The topological polar surface area (TPSA) is 94.9 Å². The van der Waals surface area contributed by atoms with Crippen LogP contribution in [0.25, 0.3) is 0 Å². The number of imidazole rings is 1. The molecule has 2 N–H and O–H groups in total. The first-order valence-corrected chi connectivity index (χ1v) is 8.04. The molecule has 1 aliphatic heterocycles. The first kappa shape index (κ1) is 15.7. The van der Waals surface area contributed by atoms with Gasteiger partial charge in [-0.1, -0.05) is 0 Å². The summed E-state index contributed by atoms with van der Waals surface area (Å²) >= 11 is 0. The molecule has 8 nitrogen and oxygen atoms in total. The van der Waals surface area contributed by atoms with Gasteiger partial charge in [-0.25, -0.2) is 14.6 Å². The molecule has 2 aromatic rings. The van der Waals surface area contributed by atoms with Crippen LogP contribution in [-0.4, -0.2) is 54.8 Å². The molecule has 1 aliphatic rings. The van der Waals surface area contributed by atoms with Crippen molar-refractivity contribution in [1.82, 2.24) is 29.2 Å². The minimum Gasteiger partial charge on any atom is -0.363 e. The Balaban J connectivity index is 1.51. The second-order valence-electron chi connectivity index (χ2n) is 6.03. The summed E-state index contributed by atoms with van der Waals surface area (Å²) in [5.41, 5.74) is 5.21. The lowest BCUT2D eigenvalue weighted by Crippen LogP contribution is -2.37. The zero-order valence-corrected chi connectivity index (χ0v) is 13.4. The van der Waals surface area contributed by atoms with E-state index in [1.54, 1.807) is 11.0 Å². The number of nitrogens with two attached hydrogens (primary N) is 1. The fraction of sp³-hybridized carbons (Fsp3) is 0.600. The van der Waals surface area contributed by atoms with Crippen molar-refractivity contribution in [2.75, 3.05) is 19.6 Å². The Labute approximate surface area is 135 Å². The molecular formula is C15H23N7O. The van der Waals surface area contributed by atoms with Crippen molar-refractivity contribution < 1.29 is 4.79 Å². The van der Waals surface area contributed by atoms with Gasteiger partial charge < -0.3 is 15.2 Å². The normalized spacial score (nSPS) is 19.1. The van der Waals surface area contributed by atoms with Crippen LogP contribution in [0.15, 0.2) is 18.7 Å². The first-order chi connectivity index (χ1) is 11.1. The largest absolute Gasteiger partial charge is 0.363 e. The molecule has 0 aliphatic carbocycles. The number of hydrogen-bond donors (Lipinski definition) is 1. The molecule has 1 amide bonds. The van der Waals surface area contributed by atoms with Crippen molar-refractivity contribution in [2.45, 2.75) is 38.8 Å². The lowest BCUT2D eigenvalue weighted by molar-refractivity contribution is 0.0989. The molecule has 1 unspecified atom stereocenters. The van der Waals surface area contributed by atoms with E-state index in [4.69, 9.17) is 5.73 Å². The highest BCUT2D eigenvalue weighted by Gasteiger charge is 2.22. The maximum atomic E-state index is 11.1. The Kier molecular flexibility index (Phi) is 4.71. The Morgan fingerprint density at radius 2 is 2.26 bits per heavy atom. The number of aryl methyl sites for hydroxylation is 2. The van der Waals surface area contributed by atoms with Gasteiger partial charge in [0.2, 0.25) is 5.82 Å². The lowest BCUT2D eigenvalue weighted by Gasteiger charge is -2.32. The van der Waals surface area contributed by atoms with Crippen molar-refractivity contribution >= 4 is 5.91 Å². The summed E-state index contributed by atoms with van der Waals surface area (Å²) in [5.74, 6) is 0.577. The van der Waals surface area contributed by atoms with E-state index in [2.05, 4.69) is 24.5 Å². The number of rotatable bonds is 6. The summed E-state index contributed by atoms with van der Waals surface area (Å²) < 4.78 is 3.96. The molecule has 0 aromatic carbocycles. The molecule has 0 radical (unpaired) electrons. The molecule has 0 bridgehead atoms. The van der Waals surface area contributed by atoms with Crippen LogP contribution in [0.4, 0.5) is 0 Å². The number of piperidine rings is 1. The van der Waals surface area contributed by atoms with Gasteiger partial charge in [0.1, 0.15) is 12.2 Å². The van der Waals surface area contributed by atoms with Crippen LogP contribution in [0.5, 0.6) is 0 Å². The molecule has 1 saturated heterocycles. The summed E-state index contributed by atoms with van der Waals surface area (Å²) in [4.78, 5) is 21.8. The number of hydrogen-bond acceptors (Lipinski definition) is 5. The lowest BCUT2D eigenvalue weighted by atomic mass is 10.1. The zero-order valence-electron chi connectivity index (χ0n) is 13.4. The van der Waals surface area contributed by atoms with Crippen LogP contribution < -0.4 is 5.73 Å². The average molecular weight is 317 g/mol. The van der Waals surface area contributed by atoms with Crippen molar-refractivity contribution in [3.8, 4) is 0 Å². The predicted octanol–water partition coefficient (Wildman–Crippen LogP) is 0.609. The molecule has 2 aromatic heterocycles. The summed E-state index contributed by atoms with van der Waals surface area (Å²) in [6.45, 7) is 6.10. The monoisotopic (exact) mass is 317 g/mol. The summed E-state index contributed by atoms with van der Waals surface area (Å²) in [6.07, 6.45) is 8.75. The highest BCUT2D eigenvalue weighted by molar-refractivity contribution is 5.88. The SMILES string of the molecule is Cc1nccn1CCCN1CCCC(n2cnc(C(N)=O)n2)C1. The quantitative estimate of drug-likeness (QED) is 0.842. The molecule has 23 heavy (non-hydrogen) atoms. The fourth-order valence-electron chi connectivity index (χ4n) is 3.12. The highest BCUT2D eigenvalue weighted by atomic mass is 16.1. The number of aromatic nitrogens is 5. The van der Waals surface area contributed by atoms with Crippen molar-refractivity contribution in [3.05, 3.63) is 30.4 Å². The Morgan fingerprint density at radius 1 is 1.39 bits per heavy atom. The van der Waals surface area contributed by atoms with Crippen LogP contribution in [0.2, 0.25) is 0 Å². The van der Waals surface area contributed by atoms with Gasteiger partial charge in [-0.15, -0.1) is 5.10 Å². The Morgan fingerprint density at radius 3 is 2.96 bits per heavy atom. The van der Waals surface area contributed by atoms with Gasteiger partial charge in [-0.05, 0) is 39.3 Å². The molecule has 1 fully saturated rings. The van der Waals surface area contributed by atoms with E-state index in [-0.39, 0.29) is 11.9 Å². The van der Waals surface area contributed by atoms with Gasteiger partial charge in [-0.2, -0.15) is 0 Å². The number of nitrogens with zero attached hydrogens (tertiary/aromatic N) is 6. The van der Waals surface area contributed by atoms with E-state index in [0.29, 0.717) is 0 Å². The minimum absolute atomic E-state index is 0.0951. The third kappa shape index (κ3) is 3.76. The maximum absolute atomic E-state index is 11.1. The number of carbonyl (C=O) groups excluding carboxylic acids is 1. The Bertz CT molecular complexity index is 662. The summed E-state index contributed by atoms with van der Waals surface area (Å²) in [6, 6.07) is 0.263. The molecule has 1 atom stereocenters. The van der Waals surface area contributed by atoms with E-state index in [9.17, 15) is 4.79 Å². The first-order valence-electron chi connectivity index (χ1n) is 8.04. The van der Waals surface area contributed by atoms with E-state index in [0.717, 1.165) is 51.3 Å². The molecule has 0 saturated carbocycles. The molecule has 0 spiro atoms. The third-order valence-electron chi connectivity index (χ3n) is 4.38. The fourth-order valence-corrected chi connectivity index (χ4v) is 3.12. The van der Waals surface area contributed by atoms with Crippen LogP contribution in [0.3, 0.4) is 0 Å². The van der Waals surface area contributed by atoms with E-state index < -0.39 is 5.91 Å². The van der Waals surface area contributed by atoms with Crippen molar-refractivity contribution in [3.63, 3.8) is 0 Å². The van der Waals surface area contributed by atoms with Gasteiger partial charge in [0.15, 0.2) is 0 Å². The third-order valence-corrected chi connectivity index (χ3v) is 4.38. The van der Waals surface area contributed by atoms with Gasteiger partial charge >= 0.3 is 0 Å². The number of primary amides is 1. The van der Waals surface area contributed by atoms with Gasteiger partial charge in [-0.3, -0.25) is 4.79 Å². The predicted molar refractivity (Wildman–Crippen MR) is 84.8 cm³/mol. The van der Waals surface area contributed by atoms with Crippen LogP contribution in [0, 0.1) is 6.92 Å². The van der Waals surface area contributed by atoms with Gasteiger partial charge in [0.05, 0.1) is 6.04 Å². The molecule has 3 heterocycles. The minimum atomic E-state index is -0.577.